The molecule has 0 radical (unpaired) electrons. The molecular weight excluding hydrogens is 350 g/mol. The second-order valence-electron chi connectivity index (χ2n) is 5.55. The van der Waals surface area contributed by atoms with E-state index in [0.717, 1.165) is 12.1 Å². The number of rotatable bonds is 4. The summed E-state index contributed by atoms with van der Waals surface area (Å²) in [6.07, 6.45) is -4.39. The summed E-state index contributed by atoms with van der Waals surface area (Å²) in [6, 6.07) is 11.7. The van der Waals surface area contributed by atoms with Crippen LogP contribution in [0.2, 0.25) is 0 Å². The third-order valence-electron chi connectivity index (χ3n) is 3.70. The Morgan fingerprint density at radius 1 is 1.04 bits per heavy atom. The van der Waals surface area contributed by atoms with Gasteiger partial charge in [-0.25, -0.2) is 4.39 Å². The lowest BCUT2D eigenvalue weighted by Crippen LogP contribution is -2.23. The van der Waals surface area contributed by atoms with Crippen molar-refractivity contribution in [2.75, 3.05) is 0 Å². The van der Waals surface area contributed by atoms with E-state index < -0.39 is 17.6 Å². The van der Waals surface area contributed by atoms with Gasteiger partial charge in [-0.3, -0.25) is 9.89 Å². The van der Waals surface area contributed by atoms with Crippen LogP contribution in [0.4, 0.5) is 17.6 Å². The van der Waals surface area contributed by atoms with Crippen molar-refractivity contribution in [3.05, 3.63) is 77.2 Å². The summed E-state index contributed by atoms with van der Waals surface area (Å²) in [4.78, 5) is 12.1. The van der Waals surface area contributed by atoms with Gasteiger partial charge in [0, 0.05) is 12.1 Å². The van der Waals surface area contributed by atoms with E-state index in [0.29, 0.717) is 16.8 Å². The molecule has 0 saturated heterocycles. The third kappa shape index (κ3) is 4.08. The van der Waals surface area contributed by atoms with E-state index in [9.17, 15) is 22.4 Å². The minimum Gasteiger partial charge on any atom is -0.347 e. The summed E-state index contributed by atoms with van der Waals surface area (Å²) in [6.45, 7) is 0.0713. The van der Waals surface area contributed by atoms with Crippen molar-refractivity contribution in [2.45, 2.75) is 12.7 Å². The molecule has 4 nitrogen and oxygen atoms in total. The first-order valence-corrected chi connectivity index (χ1v) is 7.58. The number of carbonyl (C=O) groups excluding carboxylic acids is 1. The van der Waals surface area contributed by atoms with E-state index in [-0.39, 0.29) is 18.1 Å². The largest absolute Gasteiger partial charge is 0.416 e. The first-order valence-electron chi connectivity index (χ1n) is 7.58. The summed E-state index contributed by atoms with van der Waals surface area (Å²) in [5.74, 6) is -0.829. The zero-order valence-corrected chi connectivity index (χ0v) is 13.3. The fraction of sp³-hybridized carbons (Fsp3) is 0.111. The van der Waals surface area contributed by atoms with Gasteiger partial charge in [0.05, 0.1) is 11.3 Å². The first-order chi connectivity index (χ1) is 12.3. The van der Waals surface area contributed by atoms with Crippen LogP contribution in [0.3, 0.4) is 0 Å². The number of hydrogen-bond acceptors (Lipinski definition) is 2. The maximum atomic E-state index is 12.9. The van der Waals surface area contributed by atoms with Gasteiger partial charge in [0.25, 0.3) is 5.91 Å². The SMILES string of the molecule is O=C(NCc1ccc(C(F)(F)F)cc1)c1cc(-c2ccc(F)cc2)n[nH]1. The zero-order valence-electron chi connectivity index (χ0n) is 13.3. The summed E-state index contributed by atoms with van der Waals surface area (Å²) in [7, 11) is 0. The zero-order chi connectivity index (χ0) is 18.7. The van der Waals surface area contributed by atoms with Crippen molar-refractivity contribution in [1.29, 1.82) is 0 Å². The van der Waals surface area contributed by atoms with Crippen molar-refractivity contribution in [3.8, 4) is 11.3 Å². The second kappa shape index (κ2) is 6.99. The molecule has 26 heavy (non-hydrogen) atoms. The lowest BCUT2D eigenvalue weighted by Gasteiger charge is -2.08. The van der Waals surface area contributed by atoms with Crippen LogP contribution in [0, 0.1) is 5.82 Å². The van der Waals surface area contributed by atoms with Gasteiger partial charge in [0.15, 0.2) is 0 Å². The minimum absolute atomic E-state index is 0.0713. The van der Waals surface area contributed by atoms with Gasteiger partial charge in [0.1, 0.15) is 11.5 Å². The maximum absolute atomic E-state index is 12.9. The van der Waals surface area contributed by atoms with E-state index in [1.165, 1.54) is 42.5 Å². The number of aromatic nitrogens is 2. The monoisotopic (exact) mass is 363 g/mol. The van der Waals surface area contributed by atoms with E-state index in [2.05, 4.69) is 15.5 Å². The van der Waals surface area contributed by atoms with Crippen LogP contribution in [0.5, 0.6) is 0 Å². The summed E-state index contributed by atoms with van der Waals surface area (Å²) >= 11 is 0. The standard InChI is InChI=1S/C18H13F4N3O/c19-14-7-3-12(4-8-14)15-9-16(25-24-15)17(26)23-10-11-1-5-13(6-2-11)18(20,21)22/h1-9H,10H2,(H,23,26)(H,24,25). The topological polar surface area (TPSA) is 57.8 Å². The fourth-order valence-corrected chi connectivity index (χ4v) is 2.30. The molecule has 0 aliphatic heterocycles. The highest BCUT2D eigenvalue weighted by atomic mass is 19.4. The molecule has 8 heteroatoms. The Balaban J connectivity index is 1.63. The molecule has 0 bridgehead atoms. The summed E-state index contributed by atoms with van der Waals surface area (Å²) in [5.41, 5.74) is 1.10. The van der Waals surface area contributed by atoms with Crippen LogP contribution >= 0.6 is 0 Å². The second-order valence-corrected chi connectivity index (χ2v) is 5.55. The van der Waals surface area contributed by atoms with Gasteiger partial charge >= 0.3 is 6.18 Å². The van der Waals surface area contributed by atoms with Gasteiger partial charge in [-0.15, -0.1) is 0 Å². The summed E-state index contributed by atoms with van der Waals surface area (Å²) < 4.78 is 50.5. The number of nitrogens with zero attached hydrogens (tertiary/aromatic N) is 1. The van der Waals surface area contributed by atoms with Crippen LogP contribution in [-0.4, -0.2) is 16.1 Å². The normalized spacial score (nSPS) is 11.4. The predicted molar refractivity (Wildman–Crippen MR) is 86.6 cm³/mol. The molecular formula is C18H13F4N3O. The molecule has 3 rings (SSSR count). The number of carbonyl (C=O) groups is 1. The number of alkyl halides is 3. The molecule has 1 amide bonds. The molecule has 1 heterocycles. The Kier molecular flexibility index (Phi) is 4.75. The maximum Gasteiger partial charge on any atom is 0.416 e. The average Bonchev–Trinajstić information content (AvgIpc) is 3.10. The molecule has 134 valence electrons. The number of benzene rings is 2. The number of amides is 1. The van der Waals surface area contributed by atoms with Gasteiger partial charge in [0.2, 0.25) is 0 Å². The van der Waals surface area contributed by atoms with Crippen molar-refractivity contribution in [2.24, 2.45) is 0 Å². The number of aromatic amines is 1. The third-order valence-corrected chi connectivity index (χ3v) is 3.70. The first kappa shape index (κ1) is 17.7. The van der Waals surface area contributed by atoms with Gasteiger partial charge in [-0.1, -0.05) is 12.1 Å². The Labute approximate surface area is 145 Å². The highest BCUT2D eigenvalue weighted by molar-refractivity contribution is 5.93. The Morgan fingerprint density at radius 3 is 2.31 bits per heavy atom. The molecule has 2 N–H and O–H groups in total. The van der Waals surface area contributed by atoms with Crippen LogP contribution in [-0.2, 0) is 12.7 Å². The average molecular weight is 363 g/mol. The predicted octanol–water partition coefficient (Wildman–Crippen LogP) is 4.16. The highest BCUT2D eigenvalue weighted by Crippen LogP contribution is 2.29. The molecule has 0 fully saturated rings. The molecule has 0 saturated carbocycles. The Hall–Kier alpha value is -3.16. The van der Waals surface area contributed by atoms with Crippen molar-refractivity contribution < 1.29 is 22.4 Å². The van der Waals surface area contributed by atoms with Crippen LogP contribution in [0.25, 0.3) is 11.3 Å². The van der Waals surface area contributed by atoms with Gasteiger partial charge in [-0.2, -0.15) is 18.3 Å². The molecule has 0 aliphatic rings. The quantitative estimate of drug-likeness (QED) is 0.684. The molecule has 0 unspecified atom stereocenters. The van der Waals surface area contributed by atoms with E-state index in [1.807, 2.05) is 0 Å². The number of halogens is 4. The smallest absolute Gasteiger partial charge is 0.347 e. The van der Waals surface area contributed by atoms with Crippen molar-refractivity contribution >= 4 is 5.91 Å². The van der Waals surface area contributed by atoms with Gasteiger partial charge < -0.3 is 5.32 Å². The van der Waals surface area contributed by atoms with Crippen molar-refractivity contribution in [3.63, 3.8) is 0 Å². The summed E-state index contributed by atoms with van der Waals surface area (Å²) in [5, 5.41) is 9.17. The molecule has 0 aliphatic carbocycles. The van der Waals surface area contributed by atoms with Gasteiger partial charge in [-0.05, 0) is 48.0 Å². The van der Waals surface area contributed by atoms with Crippen LogP contribution < -0.4 is 5.32 Å². The minimum atomic E-state index is -4.39. The molecule has 0 spiro atoms. The van der Waals surface area contributed by atoms with Crippen molar-refractivity contribution in [1.82, 2.24) is 15.5 Å². The van der Waals surface area contributed by atoms with Crippen LogP contribution in [0.15, 0.2) is 54.6 Å². The Morgan fingerprint density at radius 2 is 1.69 bits per heavy atom. The fourth-order valence-electron chi connectivity index (χ4n) is 2.30. The lowest BCUT2D eigenvalue weighted by atomic mass is 10.1. The molecule has 2 aromatic carbocycles. The number of H-pyrrole nitrogens is 1. The van der Waals surface area contributed by atoms with E-state index in [4.69, 9.17) is 0 Å². The number of hydrogen-bond donors (Lipinski definition) is 2. The molecule has 0 atom stereocenters. The molecule has 3 aromatic rings. The Bertz CT molecular complexity index is 899. The van der Waals surface area contributed by atoms with E-state index >= 15 is 0 Å². The lowest BCUT2D eigenvalue weighted by molar-refractivity contribution is -0.137. The molecule has 1 aromatic heterocycles. The van der Waals surface area contributed by atoms with Crippen LogP contribution in [0.1, 0.15) is 21.6 Å². The number of nitrogens with one attached hydrogen (secondary N) is 2. The van der Waals surface area contributed by atoms with E-state index in [1.54, 1.807) is 0 Å². The highest BCUT2D eigenvalue weighted by Gasteiger charge is 2.29.